The summed E-state index contributed by atoms with van der Waals surface area (Å²) in [6, 6.07) is 16.2. The number of carbonyl (C=O) groups excluding carboxylic acids is 2. The van der Waals surface area contributed by atoms with Crippen LogP contribution in [-0.2, 0) is 22.6 Å². The fourth-order valence-corrected chi connectivity index (χ4v) is 4.20. The molecule has 0 saturated heterocycles. The van der Waals surface area contributed by atoms with Gasteiger partial charge in [0.25, 0.3) is 0 Å². The monoisotopic (exact) mass is 547 g/mol. The average Bonchev–Trinajstić information content (AvgIpc) is 2.80. The second-order valence-electron chi connectivity index (χ2n) is 7.95. The quantitative estimate of drug-likeness (QED) is 0.306. The zero-order chi connectivity index (χ0) is 21.6. The van der Waals surface area contributed by atoms with E-state index in [2.05, 4.69) is 33.1 Å². The van der Waals surface area contributed by atoms with Crippen LogP contribution in [-0.4, -0.2) is 48.9 Å². The summed E-state index contributed by atoms with van der Waals surface area (Å²) < 4.78 is 0. The largest absolute Gasteiger partial charge is 0.357 e. The van der Waals surface area contributed by atoms with Crippen molar-refractivity contribution in [2.24, 2.45) is 4.99 Å². The number of hydrogen-bond donors (Lipinski definition) is 3. The molecule has 1 unspecified atom stereocenters. The Labute approximate surface area is 206 Å². The molecule has 32 heavy (non-hydrogen) atoms. The van der Waals surface area contributed by atoms with E-state index in [1.54, 1.807) is 0 Å². The van der Waals surface area contributed by atoms with Crippen LogP contribution in [0.2, 0.25) is 0 Å². The SMILES string of the molecule is CCNC(=NCC(=O)N1CCc2ccccc2C1)NCC1CC(=O)Nc2ccccc21.I. The molecule has 0 spiro atoms. The topological polar surface area (TPSA) is 85.8 Å². The van der Waals surface area contributed by atoms with Crippen LogP contribution in [0, 0.1) is 0 Å². The predicted octanol–water partition coefficient (Wildman–Crippen LogP) is 2.87. The van der Waals surface area contributed by atoms with E-state index in [-0.39, 0.29) is 48.3 Å². The lowest BCUT2D eigenvalue weighted by Crippen LogP contribution is -2.42. The summed E-state index contributed by atoms with van der Waals surface area (Å²) in [5.41, 5.74) is 4.52. The van der Waals surface area contributed by atoms with Gasteiger partial charge >= 0.3 is 0 Å². The first-order chi connectivity index (χ1) is 15.1. The van der Waals surface area contributed by atoms with Gasteiger partial charge in [-0.2, -0.15) is 0 Å². The number of benzene rings is 2. The fraction of sp³-hybridized carbons (Fsp3) is 0.375. The van der Waals surface area contributed by atoms with Crippen LogP contribution in [0.4, 0.5) is 5.69 Å². The third kappa shape index (κ3) is 5.79. The molecule has 2 aliphatic rings. The van der Waals surface area contributed by atoms with E-state index in [1.807, 2.05) is 48.2 Å². The van der Waals surface area contributed by atoms with E-state index in [0.29, 0.717) is 32.0 Å². The summed E-state index contributed by atoms with van der Waals surface area (Å²) in [7, 11) is 0. The van der Waals surface area contributed by atoms with E-state index in [4.69, 9.17) is 0 Å². The summed E-state index contributed by atoms with van der Waals surface area (Å²) in [6.45, 7) is 4.72. The first-order valence-corrected chi connectivity index (χ1v) is 10.9. The van der Waals surface area contributed by atoms with Crippen LogP contribution >= 0.6 is 24.0 Å². The van der Waals surface area contributed by atoms with E-state index in [0.717, 1.165) is 24.2 Å². The highest BCUT2D eigenvalue weighted by Gasteiger charge is 2.25. The predicted molar refractivity (Wildman–Crippen MR) is 137 cm³/mol. The first-order valence-electron chi connectivity index (χ1n) is 10.9. The van der Waals surface area contributed by atoms with Crippen LogP contribution in [0.15, 0.2) is 53.5 Å². The molecule has 7 nitrogen and oxygen atoms in total. The third-order valence-electron chi connectivity index (χ3n) is 5.82. The first kappa shape index (κ1) is 24.0. The van der Waals surface area contributed by atoms with E-state index < -0.39 is 0 Å². The minimum atomic E-state index is 0. The van der Waals surface area contributed by atoms with E-state index >= 15 is 0 Å². The second-order valence-corrected chi connectivity index (χ2v) is 7.95. The summed E-state index contributed by atoms with van der Waals surface area (Å²) in [5.74, 6) is 0.696. The Hall–Kier alpha value is -2.62. The second kappa shape index (κ2) is 11.3. The number of carbonyl (C=O) groups is 2. The van der Waals surface area contributed by atoms with Crippen molar-refractivity contribution in [2.75, 3.05) is 31.5 Å². The minimum absolute atomic E-state index is 0. The molecule has 2 aliphatic heterocycles. The number of para-hydroxylation sites is 1. The number of amides is 2. The summed E-state index contributed by atoms with van der Waals surface area (Å²) in [6.07, 6.45) is 1.31. The Balaban J connectivity index is 0.00000289. The maximum absolute atomic E-state index is 12.7. The fourth-order valence-electron chi connectivity index (χ4n) is 4.20. The number of halogens is 1. The van der Waals surface area contributed by atoms with Crippen LogP contribution < -0.4 is 16.0 Å². The van der Waals surface area contributed by atoms with Gasteiger partial charge in [-0.15, -0.1) is 24.0 Å². The molecule has 0 fully saturated rings. The highest BCUT2D eigenvalue weighted by atomic mass is 127. The van der Waals surface area contributed by atoms with Crippen molar-refractivity contribution in [3.8, 4) is 0 Å². The summed E-state index contributed by atoms with van der Waals surface area (Å²) >= 11 is 0. The molecule has 4 rings (SSSR count). The molecule has 2 heterocycles. The van der Waals surface area contributed by atoms with Crippen molar-refractivity contribution in [2.45, 2.75) is 32.2 Å². The summed E-state index contributed by atoms with van der Waals surface area (Å²) in [4.78, 5) is 31.2. The molecule has 2 amide bonds. The van der Waals surface area contributed by atoms with Gasteiger partial charge in [-0.25, -0.2) is 4.99 Å². The van der Waals surface area contributed by atoms with Gasteiger partial charge in [-0.05, 0) is 36.1 Å². The van der Waals surface area contributed by atoms with Crippen molar-refractivity contribution >= 4 is 47.4 Å². The third-order valence-corrected chi connectivity index (χ3v) is 5.82. The number of aliphatic imine (C=N–C) groups is 1. The van der Waals surface area contributed by atoms with Crippen molar-refractivity contribution in [3.05, 3.63) is 65.2 Å². The molecule has 1 atom stereocenters. The maximum Gasteiger partial charge on any atom is 0.244 e. The number of guanidine groups is 1. The average molecular weight is 547 g/mol. The molecule has 2 aromatic rings. The van der Waals surface area contributed by atoms with Crippen molar-refractivity contribution in [1.82, 2.24) is 15.5 Å². The molecule has 3 N–H and O–H groups in total. The smallest absolute Gasteiger partial charge is 0.244 e. The van der Waals surface area contributed by atoms with Gasteiger partial charge in [-0.3, -0.25) is 9.59 Å². The lowest BCUT2D eigenvalue weighted by atomic mass is 9.90. The van der Waals surface area contributed by atoms with E-state index in [1.165, 1.54) is 11.1 Å². The van der Waals surface area contributed by atoms with Gasteiger partial charge in [0.1, 0.15) is 6.54 Å². The molecule has 0 bridgehead atoms. The number of anilines is 1. The molecule has 0 radical (unpaired) electrons. The normalized spacial score (nSPS) is 17.4. The van der Waals surface area contributed by atoms with Crippen LogP contribution in [0.1, 0.15) is 36.0 Å². The number of fused-ring (bicyclic) bond motifs is 2. The number of hydrogen-bond acceptors (Lipinski definition) is 3. The molecule has 8 heteroatoms. The number of rotatable bonds is 5. The Morgan fingerprint density at radius 2 is 1.88 bits per heavy atom. The zero-order valence-electron chi connectivity index (χ0n) is 18.3. The lowest BCUT2D eigenvalue weighted by molar-refractivity contribution is -0.130. The Morgan fingerprint density at radius 1 is 1.12 bits per heavy atom. The molecule has 0 aromatic heterocycles. The molecule has 0 saturated carbocycles. The Kier molecular flexibility index (Phi) is 8.49. The van der Waals surface area contributed by atoms with Gasteiger partial charge in [-0.1, -0.05) is 42.5 Å². The number of nitrogens with one attached hydrogen (secondary N) is 3. The van der Waals surface area contributed by atoms with E-state index in [9.17, 15) is 9.59 Å². The van der Waals surface area contributed by atoms with Gasteiger partial charge < -0.3 is 20.9 Å². The Morgan fingerprint density at radius 3 is 2.69 bits per heavy atom. The van der Waals surface area contributed by atoms with Crippen molar-refractivity contribution in [3.63, 3.8) is 0 Å². The van der Waals surface area contributed by atoms with Gasteiger partial charge in [0, 0.05) is 44.2 Å². The van der Waals surface area contributed by atoms with Gasteiger partial charge in [0.2, 0.25) is 11.8 Å². The van der Waals surface area contributed by atoms with Crippen LogP contribution in [0.5, 0.6) is 0 Å². The van der Waals surface area contributed by atoms with Gasteiger partial charge in [0.05, 0.1) is 0 Å². The zero-order valence-corrected chi connectivity index (χ0v) is 20.6. The molecule has 2 aromatic carbocycles. The standard InChI is InChI=1S/C24H29N5O2.HI/c1-2-25-24(26-14-19-13-22(30)28-21-10-6-5-9-20(19)21)27-15-23(31)29-12-11-17-7-3-4-8-18(17)16-29;/h3-10,19H,2,11-16H2,1H3,(H,28,30)(H2,25,26,27);1H. The van der Waals surface area contributed by atoms with Crippen molar-refractivity contribution < 1.29 is 9.59 Å². The maximum atomic E-state index is 12.7. The lowest BCUT2D eigenvalue weighted by Gasteiger charge is -2.28. The van der Waals surface area contributed by atoms with Crippen molar-refractivity contribution in [1.29, 1.82) is 0 Å². The van der Waals surface area contributed by atoms with Crippen LogP contribution in [0.25, 0.3) is 0 Å². The molecule has 170 valence electrons. The van der Waals surface area contributed by atoms with Gasteiger partial charge in [0.15, 0.2) is 5.96 Å². The summed E-state index contributed by atoms with van der Waals surface area (Å²) in [5, 5.41) is 9.44. The van der Waals surface area contributed by atoms with Crippen LogP contribution in [0.3, 0.4) is 0 Å². The molecular formula is C24H30IN5O2. The number of nitrogens with zero attached hydrogens (tertiary/aromatic N) is 2. The highest BCUT2D eigenvalue weighted by molar-refractivity contribution is 14.0. The minimum Gasteiger partial charge on any atom is -0.357 e. The highest BCUT2D eigenvalue weighted by Crippen LogP contribution is 2.31. The Bertz CT molecular complexity index is 994. The molecular weight excluding hydrogens is 517 g/mol. The molecule has 0 aliphatic carbocycles.